The van der Waals surface area contributed by atoms with Gasteiger partial charge in [-0.15, -0.1) is 29.7 Å². The van der Waals surface area contributed by atoms with E-state index in [9.17, 15) is 0 Å². The molecule has 0 aromatic heterocycles. The van der Waals surface area contributed by atoms with Gasteiger partial charge in [0.05, 0.1) is 27.7 Å². The molecule has 3 heteroatoms. The standard InChI is InChI=1S/C5H13NS.HI/c1-6(2,3)4-5-7;/h4-5H2,1-3H3;1H. The summed E-state index contributed by atoms with van der Waals surface area (Å²) in [6.07, 6.45) is 0. The molecule has 0 saturated carbocycles. The highest BCUT2D eigenvalue weighted by molar-refractivity contribution is 14.0. The van der Waals surface area contributed by atoms with Crippen LogP contribution in [0.2, 0.25) is 0 Å². The highest BCUT2D eigenvalue weighted by Crippen LogP contribution is 1.85. The molecule has 52 valence electrons. The average Bonchev–Trinajstić information content (AvgIpc) is 1.30. The summed E-state index contributed by atoms with van der Waals surface area (Å²) in [7, 11) is 6.44. The highest BCUT2D eigenvalue weighted by atomic mass is 127. The Hall–Kier alpha value is 1.04. The molecule has 8 heavy (non-hydrogen) atoms. The molecule has 1 nitrogen and oxygen atoms in total. The summed E-state index contributed by atoms with van der Waals surface area (Å²) >= 11 is 4.78. The minimum absolute atomic E-state index is 0. The first-order chi connectivity index (χ1) is 3.06. The van der Waals surface area contributed by atoms with E-state index in [2.05, 4.69) is 21.1 Å². The first-order valence-corrected chi connectivity index (χ1v) is 3.02. The van der Waals surface area contributed by atoms with Crippen LogP contribution in [-0.2, 0) is 12.6 Å². The van der Waals surface area contributed by atoms with Gasteiger partial charge in [-0.2, -0.15) is 0 Å². The van der Waals surface area contributed by atoms with Gasteiger partial charge in [0.25, 0.3) is 0 Å². The molecule has 0 aliphatic carbocycles. The summed E-state index contributed by atoms with van der Waals surface area (Å²) in [6.45, 7) is 1.09. The maximum Gasteiger partial charge on any atom is 0.0676 e. The molecule has 0 aliphatic heterocycles. The van der Waals surface area contributed by atoms with Crippen LogP contribution in [-0.4, -0.2) is 37.9 Å². The van der Waals surface area contributed by atoms with Crippen molar-refractivity contribution in [1.82, 2.24) is 0 Å². The van der Waals surface area contributed by atoms with Gasteiger partial charge in [-0.1, -0.05) is 0 Å². The van der Waals surface area contributed by atoms with Gasteiger partial charge >= 0.3 is 0 Å². The lowest BCUT2D eigenvalue weighted by Crippen LogP contribution is -2.36. The zero-order valence-electron chi connectivity index (χ0n) is 5.68. The highest BCUT2D eigenvalue weighted by Gasteiger charge is 1.98. The van der Waals surface area contributed by atoms with Crippen LogP contribution >= 0.6 is 24.0 Å². The van der Waals surface area contributed by atoms with E-state index in [1.165, 1.54) is 0 Å². The van der Waals surface area contributed by atoms with E-state index in [0.717, 1.165) is 16.8 Å². The molecule has 0 rings (SSSR count). The largest absolute Gasteiger partial charge is 0.787 e. The fourth-order valence-electron chi connectivity index (χ4n) is 0.274. The van der Waals surface area contributed by atoms with Crippen LogP contribution in [0.25, 0.3) is 0 Å². The summed E-state index contributed by atoms with van der Waals surface area (Å²) in [5.74, 6) is 0.865. The molecule has 0 unspecified atom stereocenters. The first-order valence-electron chi connectivity index (χ1n) is 2.45. The van der Waals surface area contributed by atoms with Crippen LogP contribution in [0.15, 0.2) is 0 Å². The summed E-state index contributed by atoms with van der Waals surface area (Å²) in [4.78, 5) is 0. The van der Waals surface area contributed by atoms with Gasteiger partial charge in [-0.25, -0.2) is 0 Å². The number of hydrogen-bond donors (Lipinski definition) is 0. The van der Waals surface area contributed by atoms with Crippen LogP contribution in [0.1, 0.15) is 0 Å². The second kappa shape index (κ2) is 4.88. The van der Waals surface area contributed by atoms with Crippen molar-refractivity contribution in [3.63, 3.8) is 0 Å². The van der Waals surface area contributed by atoms with Gasteiger partial charge in [0.2, 0.25) is 0 Å². The molecule has 0 heterocycles. The van der Waals surface area contributed by atoms with E-state index in [0.29, 0.717) is 0 Å². The number of hydrogen-bond acceptors (Lipinski definition) is 1. The monoisotopic (exact) mass is 247 g/mol. The van der Waals surface area contributed by atoms with Gasteiger partial charge in [-0.05, 0) is 0 Å². The lowest BCUT2D eigenvalue weighted by Gasteiger charge is -2.25. The second-order valence-electron chi connectivity index (χ2n) is 2.72. The van der Waals surface area contributed by atoms with Crippen LogP contribution in [0.4, 0.5) is 0 Å². The van der Waals surface area contributed by atoms with Crippen LogP contribution < -0.4 is 0 Å². The van der Waals surface area contributed by atoms with Crippen molar-refractivity contribution in [1.29, 1.82) is 0 Å². The van der Waals surface area contributed by atoms with Crippen LogP contribution in [0, 0.1) is 0 Å². The molecule has 0 aromatic rings. The molecule has 0 aliphatic rings. The Labute approximate surface area is 74.5 Å². The van der Waals surface area contributed by atoms with E-state index < -0.39 is 0 Å². The molecule has 0 N–H and O–H groups in total. The lowest BCUT2D eigenvalue weighted by atomic mass is 10.6. The van der Waals surface area contributed by atoms with E-state index >= 15 is 0 Å². The molecular formula is C5H14INS. The topological polar surface area (TPSA) is 0 Å². The second-order valence-corrected chi connectivity index (χ2v) is 3.13. The number of rotatable bonds is 2. The fourth-order valence-corrected chi connectivity index (χ4v) is 0.822. The van der Waals surface area contributed by atoms with E-state index in [1.807, 2.05) is 0 Å². The summed E-state index contributed by atoms with van der Waals surface area (Å²) in [5, 5.41) is 0. The molecule has 0 radical (unpaired) electrons. The maximum atomic E-state index is 4.78. The van der Waals surface area contributed by atoms with Gasteiger partial charge in [0.1, 0.15) is 0 Å². The molecule has 0 bridgehead atoms. The quantitative estimate of drug-likeness (QED) is 0.396. The van der Waals surface area contributed by atoms with Gasteiger partial charge in [-0.3, -0.25) is 0 Å². The summed E-state index contributed by atoms with van der Waals surface area (Å²) in [6, 6.07) is 0. The third-order valence-corrected chi connectivity index (χ3v) is 0.945. The Morgan fingerprint density at radius 3 is 1.62 bits per heavy atom. The SMILES string of the molecule is C[N+](C)(C)CC[S-].I. The van der Waals surface area contributed by atoms with Crippen molar-refractivity contribution < 1.29 is 4.48 Å². The van der Waals surface area contributed by atoms with Crippen LogP contribution in [0.3, 0.4) is 0 Å². The van der Waals surface area contributed by atoms with Gasteiger partial charge in [0, 0.05) is 0 Å². The third-order valence-electron chi connectivity index (χ3n) is 0.762. The van der Waals surface area contributed by atoms with E-state index in [-0.39, 0.29) is 24.0 Å². The minimum Gasteiger partial charge on any atom is -0.787 e. The normalized spacial score (nSPS) is 10.5. The molecule has 0 spiro atoms. The Balaban J connectivity index is 0. The van der Waals surface area contributed by atoms with Crippen molar-refractivity contribution in [3.05, 3.63) is 0 Å². The molecule has 0 aromatic carbocycles. The van der Waals surface area contributed by atoms with E-state index in [4.69, 9.17) is 12.6 Å². The number of nitrogens with zero attached hydrogens (tertiary/aromatic N) is 1. The lowest BCUT2D eigenvalue weighted by molar-refractivity contribution is -0.867. The van der Waals surface area contributed by atoms with Crippen molar-refractivity contribution in [2.75, 3.05) is 33.4 Å². The van der Waals surface area contributed by atoms with Crippen molar-refractivity contribution in [2.45, 2.75) is 0 Å². The number of halogens is 1. The predicted octanol–water partition coefficient (Wildman–Crippen LogP) is 0.858. The minimum atomic E-state index is 0. The summed E-state index contributed by atoms with van der Waals surface area (Å²) < 4.78 is 0.990. The molecule has 0 fully saturated rings. The van der Waals surface area contributed by atoms with Crippen LogP contribution in [0.5, 0.6) is 0 Å². The Morgan fingerprint density at radius 1 is 1.25 bits per heavy atom. The average molecular weight is 247 g/mol. The Morgan fingerprint density at radius 2 is 1.62 bits per heavy atom. The van der Waals surface area contributed by atoms with Gasteiger partial charge in [0.15, 0.2) is 0 Å². The predicted molar refractivity (Wildman–Crippen MR) is 50.5 cm³/mol. The molecule has 0 amide bonds. The third kappa shape index (κ3) is 10.1. The Kier molecular flexibility index (Phi) is 7.19. The molecule has 0 atom stereocenters. The van der Waals surface area contributed by atoms with E-state index in [1.54, 1.807) is 0 Å². The maximum absolute atomic E-state index is 4.78. The smallest absolute Gasteiger partial charge is 0.0676 e. The molecular weight excluding hydrogens is 233 g/mol. The molecule has 0 saturated heterocycles. The summed E-state index contributed by atoms with van der Waals surface area (Å²) in [5.41, 5.74) is 0. The van der Waals surface area contributed by atoms with Crippen molar-refractivity contribution in [2.24, 2.45) is 0 Å². The van der Waals surface area contributed by atoms with Crippen molar-refractivity contribution in [3.8, 4) is 0 Å². The van der Waals surface area contributed by atoms with Crippen molar-refractivity contribution >= 4 is 36.6 Å². The number of quaternary nitrogens is 1. The van der Waals surface area contributed by atoms with Gasteiger partial charge < -0.3 is 17.1 Å². The first kappa shape index (κ1) is 11.8. The zero-order valence-corrected chi connectivity index (χ0v) is 8.82. The Bertz CT molecular complexity index is 50.9. The fraction of sp³-hybridized carbons (Fsp3) is 1.00. The zero-order chi connectivity index (χ0) is 5.91.